The number of fused-ring (bicyclic) bond motifs is 1. The van der Waals surface area contributed by atoms with Gasteiger partial charge in [0.25, 0.3) is 0 Å². The van der Waals surface area contributed by atoms with Gasteiger partial charge >= 0.3 is 0 Å². The molecule has 8 heteroatoms. The second-order valence-electron chi connectivity index (χ2n) is 7.06. The summed E-state index contributed by atoms with van der Waals surface area (Å²) < 4.78 is 3.52. The van der Waals surface area contributed by atoms with Crippen LogP contribution in [-0.2, 0) is 7.05 Å². The van der Waals surface area contributed by atoms with Crippen LogP contribution < -0.4 is 5.73 Å². The predicted octanol–water partition coefficient (Wildman–Crippen LogP) is 2.80. The summed E-state index contributed by atoms with van der Waals surface area (Å²) in [6, 6.07) is 2.00. The summed E-state index contributed by atoms with van der Waals surface area (Å²) in [6.07, 6.45) is 6.54. The summed E-state index contributed by atoms with van der Waals surface area (Å²) in [7, 11) is 3.59. The van der Waals surface area contributed by atoms with Crippen molar-refractivity contribution in [3.63, 3.8) is 0 Å². The van der Waals surface area contributed by atoms with Gasteiger partial charge in [-0.2, -0.15) is 10.2 Å². The van der Waals surface area contributed by atoms with Crippen LogP contribution in [0.2, 0.25) is 5.15 Å². The highest BCUT2D eigenvalue weighted by Crippen LogP contribution is 2.52. The van der Waals surface area contributed by atoms with Crippen LogP contribution in [0.5, 0.6) is 0 Å². The van der Waals surface area contributed by atoms with Crippen LogP contribution in [0.1, 0.15) is 34.9 Å². The van der Waals surface area contributed by atoms with Crippen molar-refractivity contribution in [1.29, 1.82) is 0 Å². The fourth-order valence-corrected chi connectivity index (χ4v) is 3.70. The zero-order valence-electron chi connectivity index (χ0n) is 15.8. The maximum atomic E-state index is 6.40. The van der Waals surface area contributed by atoms with Crippen molar-refractivity contribution >= 4 is 23.0 Å². The normalized spacial score (nSPS) is 20.5. The molecule has 1 aliphatic carbocycles. The minimum atomic E-state index is 0.253. The Labute approximate surface area is 162 Å². The summed E-state index contributed by atoms with van der Waals surface area (Å²) >= 11 is 6.32. The Morgan fingerprint density at radius 1 is 1.37 bits per heavy atom. The first-order valence-electron chi connectivity index (χ1n) is 8.84. The highest BCUT2D eigenvalue weighted by Gasteiger charge is 2.42. The third-order valence-corrected chi connectivity index (χ3v) is 5.60. The van der Waals surface area contributed by atoms with Gasteiger partial charge in [0.2, 0.25) is 0 Å². The highest BCUT2D eigenvalue weighted by atomic mass is 35.5. The van der Waals surface area contributed by atoms with E-state index in [9.17, 15) is 0 Å². The van der Waals surface area contributed by atoms with Gasteiger partial charge in [-0.25, -0.2) is 9.50 Å². The van der Waals surface area contributed by atoms with E-state index in [0.717, 1.165) is 46.0 Å². The maximum absolute atomic E-state index is 6.40. The zero-order chi connectivity index (χ0) is 19.3. The van der Waals surface area contributed by atoms with E-state index in [1.165, 1.54) is 0 Å². The minimum Gasteiger partial charge on any atom is -0.402 e. The summed E-state index contributed by atoms with van der Waals surface area (Å²) in [6.45, 7) is 4.00. The number of aromatic nitrogens is 5. The molecule has 7 nitrogen and oxygen atoms in total. The third-order valence-electron chi connectivity index (χ3n) is 5.14. The molecule has 1 saturated carbocycles. The fraction of sp³-hybridized carbons (Fsp3) is 0.368. The van der Waals surface area contributed by atoms with Crippen molar-refractivity contribution in [3.05, 3.63) is 57.9 Å². The van der Waals surface area contributed by atoms with Crippen molar-refractivity contribution < 1.29 is 0 Å². The standard InChI is InChI=1S/C19H22ClN7/c1-10-5-17(25-27-11(2)8-23-19(10)27)16(22-3)7-15(21)13-6-12(13)14-9-24-26(4)18(14)20/h5,7-9,12-13H,6,21H2,1-4H3/b15-7-,22-16?. The van der Waals surface area contributed by atoms with Crippen molar-refractivity contribution in [2.45, 2.75) is 26.2 Å². The molecule has 0 aliphatic heterocycles. The molecule has 0 saturated heterocycles. The summed E-state index contributed by atoms with van der Waals surface area (Å²) in [5, 5.41) is 9.58. The van der Waals surface area contributed by atoms with E-state index in [-0.39, 0.29) is 5.92 Å². The zero-order valence-corrected chi connectivity index (χ0v) is 16.6. The average molecular weight is 384 g/mol. The van der Waals surface area contributed by atoms with Gasteiger partial charge in [0.1, 0.15) is 10.8 Å². The van der Waals surface area contributed by atoms with E-state index in [2.05, 4.69) is 20.2 Å². The summed E-state index contributed by atoms with van der Waals surface area (Å²) in [4.78, 5) is 8.81. The number of allylic oxidation sites excluding steroid dienone is 2. The number of hydrogen-bond donors (Lipinski definition) is 1. The highest BCUT2D eigenvalue weighted by molar-refractivity contribution is 6.30. The van der Waals surface area contributed by atoms with Crippen LogP contribution in [0.4, 0.5) is 0 Å². The maximum Gasteiger partial charge on any atom is 0.156 e. The van der Waals surface area contributed by atoms with Crippen LogP contribution in [0, 0.1) is 19.8 Å². The second kappa shape index (κ2) is 6.49. The van der Waals surface area contributed by atoms with E-state index in [1.54, 1.807) is 11.7 Å². The number of rotatable bonds is 4. The SMILES string of the molecule is CN=C(/C=C(\N)C1CC1c1cnn(C)c1Cl)c1cc(C)c2ncc(C)n2n1. The van der Waals surface area contributed by atoms with Gasteiger partial charge in [0, 0.05) is 31.3 Å². The molecule has 4 rings (SSSR count). The topological polar surface area (TPSA) is 86.4 Å². The molecule has 0 aromatic carbocycles. The van der Waals surface area contributed by atoms with Gasteiger partial charge in [-0.1, -0.05) is 11.6 Å². The van der Waals surface area contributed by atoms with Crippen molar-refractivity contribution in [3.8, 4) is 0 Å². The lowest BCUT2D eigenvalue weighted by Crippen LogP contribution is -2.11. The second-order valence-corrected chi connectivity index (χ2v) is 7.42. The number of aliphatic imine (C=N–C) groups is 1. The van der Waals surface area contributed by atoms with Gasteiger partial charge in [-0.3, -0.25) is 9.67 Å². The number of halogens is 1. The predicted molar refractivity (Wildman–Crippen MR) is 106 cm³/mol. The summed E-state index contributed by atoms with van der Waals surface area (Å²) in [5.41, 5.74) is 12.7. The first-order chi connectivity index (χ1) is 12.9. The molecule has 0 bridgehead atoms. The third kappa shape index (κ3) is 3.02. The molecule has 0 spiro atoms. The lowest BCUT2D eigenvalue weighted by atomic mass is 10.1. The van der Waals surface area contributed by atoms with Crippen LogP contribution in [-0.4, -0.2) is 37.1 Å². The molecular formula is C19H22ClN7. The first-order valence-corrected chi connectivity index (χ1v) is 9.22. The van der Waals surface area contributed by atoms with Crippen LogP contribution in [0.3, 0.4) is 0 Å². The average Bonchev–Trinajstić information content (AvgIpc) is 3.25. The lowest BCUT2D eigenvalue weighted by Gasteiger charge is -2.07. The van der Waals surface area contributed by atoms with Crippen LogP contribution >= 0.6 is 11.6 Å². The number of imidazole rings is 1. The van der Waals surface area contributed by atoms with Crippen LogP contribution in [0.15, 0.2) is 35.2 Å². The summed E-state index contributed by atoms with van der Waals surface area (Å²) in [5.74, 6) is 0.567. The van der Waals surface area contributed by atoms with Gasteiger partial charge in [-0.15, -0.1) is 0 Å². The largest absolute Gasteiger partial charge is 0.402 e. The van der Waals surface area contributed by atoms with Crippen molar-refractivity contribution in [2.24, 2.45) is 23.7 Å². The van der Waals surface area contributed by atoms with Gasteiger partial charge in [-0.05, 0) is 43.9 Å². The monoisotopic (exact) mass is 383 g/mol. The Balaban J connectivity index is 1.62. The molecule has 2 N–H and O–H groups in total. The van der Waals surface area contributed by atoms with Crippen molar-refractivity contribution in [2.75, 3.05) is 7.05 Å². The van der Waals surface area contributed by atoms with Gasteiger partial charge in [0.15, 0.2) is 5.65 Å². The molecule has 3 aromatic heterocycles. The van der Waals surface area contributed by atoms with E-state index < -0.39 is 0 Å². The lowest BCUT2D eigenvalue weighted by molar-refractivity contribution is 0.767. The molecular weight excluding hydrogens is 362 g/mol. The molecule has 0 amide bonds. The smallest absolute Gasteiger partial charge is 0.156 e. The molecule has 140 valence electrons. The quantitative estimate of drug-likeness (QED) is 0.702. The molecule has 3 heterocycles. The van der Waals surface area contributed by atoms with Gasteiger partial charge < -0.3 is 5.73 Å². The molecule has 3 aromatic rings. The minimum absolute atomic E-state index is 0.253. The first kappa shape index (κ1) is 17.7. The molecule has 1 aliphatic rings. The number of nitrogens with zero attached hydrogens (tertiary/aromatic N) is 6. The number of aryl methyl sites for hydroxylation is 3. The Kier molecular flexibility index (Phi) is 4.26. The fourth-order valence-electron chi connectivity index (χ4n) is 3.47. The Bertz CT molecular complexity index is 1090. The Morgan fingerprint density at radius 3 is 2.81 bits per heavy atom. The molecule has 0 radical (unpaired) electrons. The molecule has 1 fully saturated rings. The van der Waals surface area contributed by atoms with Gasteiger partial charge in [0.05, 0.1) is 23.8 Å². The van der Waals surface area contributed by atoms with E-state index in [0.29, 0.717) is 11.1 Å². The molecule has 2 unspecified atom stereocenters. The van der Waals surface area contributed by atoms with E-state index in [4.69, 9.17) is 17.3 Å². The number of nitrogens with two attached hydrogens (primary N) is 1. The Hall–Kier alpha value is -2.67. The van der Waals surface area contributed by atoms with Crippen LogP contribution in [0.25, 0.3) is 5.65 Å². The molecule has 27 heavy (non-hydrogen) atoms. The van der Waals surface area contributed by atoms with Crippen molar-refractivity contribution in [1.82, 2.24) is 24.4 Å². The molecule has 2 atom stereocenters. The Morgan fingerprint density at radius 2 is 2.15 bits per heavy atom. The number of hydrogen-bond acceptors (Lipinski definition) is 5. The van der Waals surface area contributed by atoms with E-state index >= 15 is 0 Å². The van der Waals surface area contributed by atoms with E-state index in [1.807, 2.05) is 49.9 Å².